The summed E-state index contributed by atoms with van der Waals surface area (Å²) in [5.41, 5.74) is 1.61. The smallest absolute Gasteiger partial charge is 0.231 e. The highest BCUT2D eigenvalue weighted by Crippen LogP contribution is 2.38. The van der Waals surface area contributed by atoms with E-state index in [0.717, 1.165) is 16.8 Å². The Kier molecular flexibility index (Phi) is 3.94. The van der Waals surface area contributed by atoms with Gasteiger partial charge in [0.25, 0.3) is 0 Å². The molecule has 0 aromatic heterocycles. The number of aliphatic hydroxyl groups is 1. The highest BCUT2D eigenvalue weighted by atomic mass is 35.5. The van der Waals surface area contributed by atoms with Crippen LogP contribution >= 0.6 is 11.6 Å². The summed E-state index contributed by atoms with van der Waals surface area (Å²) in [5, 5.41) is 11.1. The summed E-state index contributed by atoms with van der Waals surface area (Å²) in [6.07, 6.45) is 0.836. The maximum Gasteiger partial charge on any atom is 0.231 e. The van der Waals surface area contributed by atoms with Crippen LogP contribution in [0.5, 0.6) is 0 Å². The Morgan fingerprint density at radius 3 is 2.82 bits per heavy atom. The number of carbonyl (C=O) groups is 1. The number of hydrogen-bond acceptors (Lipinski definition) is 2. The SMILES string of the molecule is CC1(O)CCN(C(=O)Cc2cccc(Cl)c2)c2ccccc21. The van der Waals surface area contributed by atoms with E-state index in [0.29, 0.717) is 24.4 Å². The van der Waals surface area contributed by atoms with Crippen molar-refractivity contribution in [1.82, 2.24) is 0 Å². The van der Waals surface area contributed by atoms with Crippen molar-refractivity contribution in [3.63, 3.8) is 0 Å². The molecule has 0 spiro atoms. The Balaban J connectivity index is 1.88. The van der Waals surface area contributed by atoms with Crippen molar-refractivity contribution in [1.29, 1.82) is 0 Å². The molecule has 1 aliphatic rings. The van der Waals surface area contributed by atoms with E-state index in [1.807, 2.05) is 42.5 Å². The van der Waals surface area contributed by atoms with Crippen molar-refractivity contribution >= 4 is 23.2 Å². The van der Waals surface area contributed by atoms with Crippen LogP contribution in [-0.4, -0.2) is 17.6 Å². The molecule has 0 saturated heterocycles. The van der Waals surface area contributed by atoms with E-state index in [1.165, 1.54) is 0 Å². The number of rotatable bonds is 2. The zero-order valence-electron chi connectivity index (χ0n) is 12.4. The summed E-state index contributed by atoms with van der Waals surface area (Å²) in [7, 11) is 0. The van der Waals surface area contributed by atoms with E-state index < -0.39 is 5.60 Å². The van der Waals surface area contributed by atoms with E-state index in [2.05, 4.69) is 0 Å². The molecule has 0 radical (unpaired) electrons. The number of nitrogens with zero attached hydrogens (tertiary/aromatic N) is 1. The number of amides is 1. The van der Waals surface area contributed by atoms with Gasteiger partial charge in [-0.2, -0.15) is 0 Å². The Bertz CT molecular complexity index is 712. The molecule has 1 heterocycles. The topological polar surface area (TPSA) is 40.5 Å². The third-order valence-corrected chi connectivity index (χ3v) is 4.38. The molecule has 1 aliphatic heterocycles. The van der Waals surface area contributed by atoms with Gasteiger partial charge in [-0.05, 0) is 37.1 Å². The van der Waals surface area contributed by atoms with Gasteiger partial charge in [-0.1, -0.05) is 41.9 Å². The Morgan fingerprint density at radius 2 is 2.05 bits per heavy atom. The molecule has 4 heteroatoms. The van der Waals surface area contributed by atoms with Crippen molar-refractivity contribution < 1.29 is 9.90 Å². The summed E-state index contributed by atoms with van der Waals surface area (Å²) in [6.45, 7) is 2.31. The average Bonchev–Trinajstić information content (AvgIpc) is 2.47. The van der Waals surface area contributed by atoms with Crippen molar-refractivity contribution in [2.24, 2.45) is 0 Å². The van der Waals surface area contributed by atoms with E-state index >= 15 is 0 Å². The predicted octanol–water partition coefficient (Wildman–Crippen LogP) is 3.53. The zero-order chi connectivity index (χ0) is 15.7. The summed E-state index contributed by atoms with van der Waals surface area (Å²) in [5.74, 6) is 0.0187. The second-order valence-electron chi connectivity index (χ2n) is 5.89. The molecule has 3 rings (SSSR count). The second-order valence-corrected chi connectivity index (χ2v) is 6.33. The minimum atomic E-state index is -0.885. The molecule has 3 nitrogen and oxygen atoms in total. The van der Waals surface area contributed by atoms with Gasteiger partial charge in [0.2, 0.25) is 5.91 Å². The molecule has 114 valence electrons. The molecule has 1 unspecified atom stereocenters. The van der Waals surface area contributed by atoms with E-state index in [9.17, 15) is 9.90 Å². The fourth-order valence-corrected chi connectivity index (χ4v) is 3.14. The van der Waals surface area contributed by atoms with Crippen molar-refractivity contribution in [2.45, 2.75) is 25.4 Å². The number of para-hydroxylation sites is 1. The first kappa shape index (κ1) is 15.1. The lowest BCUT2D eigenvalue weighted by atomic mass is 9.87. The molecule has 2 aromatic carbocycles. The summed E-state index contributed by atoms with van der Waals surface area (Å²) in [6, 6.07) is 14.9. The van der Waals surface area contributed by atoms with Crippen LogP contribution in [0.3, 0.4) is 0 Å². The van der Waals surface area contributed by atoms with Crippen molar-refractivity contribution in [3.8, 4) is 0 Å². The predicted molar refractivity (Wildman–Crippen MR) is 88.1 cm³/mol. The second kappa shape index (κ2) is 5.75. The first-order valence-corrected chi connectivity index (χ1v) is 7.72. The average molecular weight is 316 g/mol. The molecule has 0 saturated carbocycles. The molecule has 0 fully saturated rings. The van der Waals surface area contributed by atoms with Crippen LogP contribution in [0.4, 0.5) is 5.69 Å². The highest BCUT2D eigenvalue weighted by molar-refractivity contribution is 6.30. The lowest BCUT2D eigenvalue weighted by molar-refractivity contribution is -0.118. The maximum absolute atomic E-state index is 12.7. The number of benzene rings is 2. The number of fused-ring (bicyclic) bond motifs is 1. The number of anilines is 1. The summed E-state index contributed by atoms with van der Waals surface area (Å²) in [4.78, 5) is 14.4. The fraction of sp³-hybridized carbons (Fsp3) is 0.278. The summed E-state index contributed by atoms with van der Waals surface area (Å²) < 4.78 is 0. The summed E-state index contributed by atoms with van der Waals surface area (Å²) >= 11 is 5.97. The Labute approximate surface area is 135 Å². The van der Waals surface area contributed by atoms with E-state index in [4.69, 9.17) is 11.6 Å². The molecule has 1 atom stereocenters. The quantitative estimate of drug-likeness (QED) is 0.921. The number of carbonyl (C=O) groups excluding carboxylic acids is 1. The Hall–Kier alpha value is -1.84. The van der Waals surface area contributed by atoms with Crippen LogP contribution in [0, 0.1) is 0 Å². The zero-order valence-corrected chi connectivity index (χ0v) is 13.2. The first-order valence-electron chi connectivity index (χ1n) is 7.34. The van der Waals surface area contributed by atoms with Gasteiger partial charge in [0, 0.05) is 22.8 Å². The largest absolute Gasteiger partial charge is 0.385 e. The van der Waals surface area contributed by atoms with Crippen molar-refractivity contribution in [2.75, 3.05) is 11.4 Å². The third kappa shape index (κ3) is 2.87. The third-order valence-electron chi connectivity index (χ3n) is 4.14. The highest BCUT2D eigenvalue weighted by Gasteiger charge is 2.34. The minimum Gasteiger partial charge on any atom is -0.385 e. The van der Waals surface area contributed by atoms with Crippen LogP contribution < -0.4 is 4.90 Å². The van der Waals surface area contributed by atoms with Gasteiger partial charge >= 0.3 is 0 Å². The van der Waals surface area contributed by atoms with Crippen molar-refractivity contribution in [3.05, 3.63) is 64.7 Å². The molecular formula is C18H18ClNO2. The normalized spacial score (nSPS) is 20.6. The fourth-order valence-electron chi connectivity index (χ4n) is 2.93. The van der Waals surface area contributed by atoms with Gasteiger partial charge in [-0.3, -0.25) is 4.79 Å². The van der Waals surface area contributed by atoms with Crippen LogP contribution in [0.25, 0.3) is 0 Å². The molecular weight excluding hydrogens is 298 g/mol. The Morgan fingerprint density at radius 1 is 1.27 bits per heavy atom. The maximum atomic E-state index is 12.7. The lowest BCUT2D eigenvalue weighted by Crippen LogP contribution is -2.42. The number of hydrogen-bond donors (Lipinski definition) is 1. The first-order chi connectivity index (χ1) is 10.5. The van der Waals surface area contributed by atoms with Crippen LogP contribution in [-0.2, 0) is 16.8 Å². The molecule has 0 bridgehead atoms. The van der Waals surface area contributed by atoms with E-state index in [1.54, 1.807) is 17.9 Å². The molecule has 1 N–H and O–H groups in total. The van der Waals surface area contributed by atoms with Gasteiger partial charge in [-0.25, -0.2) is 0 Å². The monoisotopic (exact) mass is 315 g/mol. The standard InChI is InChI=1S/C18H18ClNO2/c1-18(22)9-10-20(16-8-3-2-7-15(16)18)17(21)12-13-5-4-6-14(19)11-13/h2-8,11,22H,9-10,12H2,1H3. The van der Waals surface area contributed by atoms with Crippen LogP contribution in [0.1, 0.15) is 24.5 Å². The van der Waals surface area contributed by atoms with Gasteiger partial charge in [0.05, 0.1) is 12.0 Å². The van der Waals surface area contributed by atoms with Gasteiger partial charge in [0.1, 0.15) is 0 Å². The van der Waals surface area contributed by atoms with Crippen LogP contribution in [0.15, 0.2) is 48.5 Å². The van der Waals surface area contributed by atoms with Gasteiger partial charge in [0.15, 0.2) is 0 Å². The molecule has 2 aromatic rings. The van der Waals surface area contributed by atoms with Gasteiger partial charge < -0.3 is 10.0 Å². The molecule has 1 amide bonds. The van der Waals surface area contributed by atoms with Crippen LogP contribution in [0.2, 0.25) is 5.02 Å². The van der Waals surface area contributed by atoms with E-state index in [-0.39, 0.29) is 5.91 Å². The number of halogens is 1. The minimum absolute atomic E-state index is 0.0187. The lowest BCUT2D eigenvalue weighted by Gasteiger charge is -2.38. The van der Waals surface area contributed by atoms with Gasteiger partial charge in [-0.15, -0.1) is 0 Å². The molecule has 22 heavy (non-hydrogen) atoms. The molecule has 0 aliphatic carbocycles.